The zero-order valence-electron chi connectivity index (χ0n) is 23.4. The number of hydrogen-bond acceptors (Lipinski definition) is 5. The molecular formula is C29H43N3O3Si. The Morgan fingerprint density at radius 2 is 1.53 bits per heavy atom. The fourth-order valence-corrected chi connectivity index (χ4v) is 5.66. The van der Waals surface area contributed by atoms with Crippen LogP contribution in [0.25, 0.3) is 21.8 Å². The van der Waals surface area contributed by atoms with Crippen LogP contribution in [0.3, 0.4) is 0 Å². The summed E-state index contributed by atoms with van der Waals surface area (Å²) in [5, 5.41) is 2.44. The summed E-state index contributed by atoms with van der Waals surface area (Å²) in [5.41, 5.74) is 2.41. The number of carbonyl (C=O) groups is 1. The molecule has 0 unspecified atom stereocenters. The van der Waals surface area contributed by atoms with E-state index in [1.165, 1.54) is 5.69 Å². The number of rotatable bonds is 5. The van der Waals surface area contributed by atoms with Gasteiger partial charge in [-0.25, -0.2) is 9.36 Å². The minimum atomic E-state index is -1.71. The Balaban J connectivity index is 1.54. The summed E-state index contributed by atoms with van der Waals surface area (Å²) >= 11 is 0. The molecule has 1 aliphatic heterocycles. The third-order valence-electron chi connectivity index (χ3n) is 7.64. The number of aromatic nitrogens is 1. The summed E-state index contributed by atoms with van der Waals surface area (Å²) in [6, 6.07) is 14.4. The average Bonchev–Trinajstić information content (AvgIpc) is 3.12. The average molecular weight is 510 g/mol. The maximum atomic E-state index is 13.2. The van der Waals surface area contributed by atoms with Crippen LogP contribution in [-0.2, 0) is 9.16 Å². The van der Waals surface area contributed by atoms with Crippen molar-refractivity contribution in [2.24, 2.45) is 0 Å². The van der Waals surface area contributed by atoms with Gasteiger partial charge in [0.15, 0.2) is 8.32 Å². The van der Waals surface area contributed by atoms with E-state index < -0.39 is 13.9 Å². The number of nitrogens with zero attached hydrogens (tertiary/aromatic N) is 3. The predicted octanol–water partition coefficient (Wildman–Crippen LogP) is 6.72. The number of ether oxygens (including phenoxy) is 1. The van der Waals surface area contributed by atoms with Crippen molar-refractivity contribution in [1.29, 1.82) is 0 Å². The SMILES string of the molecule is CC(C)(C)OC(=O)n1c2ccccc2c2c(N3CCN(CCO[Si](C)(C)C(C)(C)C)CC3)cccc21. The van der Waals surface area contributed by atoms with E-state index in [9.17, 15) is 4.79 Å². The third-order valence-corrected chi connectivity index (χ3v) is 12.2. The molecule has 0 radical (unpaired) electrons. The summed E-state index contributed by atoms with van der Waals surface area (Å²) < 4.78 is 13.9. The zero-order chi connectivity index (χ0) is 26.3. The molecule has 1 fully saturated rings. The lowest BCUT2D eigenvalue weighted by molar-refractivity contribution is 0.0551. The van der Waals surface area contributed by atoms with Crippen LogP contribution >= 0.6 is 0 Å². The molecule has 6 nitrogen and oxygen atoms in total. The number of para-hydroxylation sites is 1. The molecule has 0 spiro atoms. The van der Waals surface area contributed by atoms with Crippen molar-refractivity contribution in [3.63, 3.8) is 0 Å². The molecule has 0 bridgehead atoms. The first-order valence-electron chi connectivity index (χ1n) is 13.2. The normalized spacial score (nSPS) is 16.2. The Morgan fingerprint density at radius 1 is 0.889 bits per heavy atom. The van der Waals surface area contributed by atoms with Gasteiger partial charge in [0.2, 0.25) is 0 Å². The fourth-order valence-electron chi connectivity index (χ4n) is 4.63. The molecular weight excluding hydrogens is 466 g/mol. The number of hydrogen-bond donors (Lipinski definition) is 0. The smallest absolute Gasteiger partial charge is 0.419 e. The van der Waals surface area contributed by atoms with Gasteiger partial charge in [0.25, 0.3) is 0 Å². The summed E-state index contributed by atoms with van der Waals surface area (Å²) in [5.74, 6) is 0. The lowest BCUT2D eigenvalue weighted by Gasteiger charge is -2.39. The molecule has 0 atom stereocenters. The van der Waals surface area contributed by atoms with E-state index in [4.69, 9.17) is 9.16 Å². The van der Waals surface area contributed by atoms with Crippen molar-refractivity contribution >= 4 is 41.9 Å². The van der Waals surface area contributed by atoms with Gasteiger partial charge in [-0.05, 0) is 57.1 Å². The summed E-state index contributed by atoms with van der Waals surface area (Å²) in [7, 11) is -1.71. The van der Waals surface area contributed by atoms with Gasteiger partial charge in [0.05, 0.1) is 11.0 Å². The van der Waals surface area contributed by atoms with Crippen molar-refractivity contribution < 1.29 is 14.0 Å². The number of fused-ring (bicyclic) bond motifs is 3. The van der Waals surface area contributed by atoms with Gasteiger partial charge in [-0.15, -0.1) is 0 Å². The Bertz CT molecular complexity index is 1230. The quantitative estimate of drug-likeness (QED) is 0.357. The summed E-state index contributed by atoms with van der Waals surface area (Å²) in [6.45, 7) is 22.9. The predicted molar refractivity (Wildman–Crippen MR) is 153 cm³/mol. The first-order valence-corrected chi connectivity index (χ1v) is 16.1. The lowest BCUT2D eigenvalue weighted by atomic mass is 10.1. The second-order valence-corrected chi connectivity index (χ2v) is 17.3. The van der Waals surface area contributed by atoms with Crippen molar-refractivity contribution in [1.82, 2.24) is 9.47 Å². The molecule has 2 heterocycles. The van der Waals surface area contributed by atoms with E-state index in [0.29, 0.717) is 0 Å². The van der Waals surface area contributed by atoms with Crippen LogP contribution in [0.1, 0.15) is 41.5 Å². The minimum absolute atomic E-state index is 0.239. The van der Waals surface area contributed by atoms with Crippen LogP contribution in [0.5, 0.6) is 0 Å². The Morgan fingerprint density at radius 3 is 2.17 bits per heavy atom. The van der Waals surface area contributed by atoms with E-state index in [1.807, 2.05) is 45.0 Å². The topological polar surface area (TPSA) is 46.9 Å². The Labute approximate surface area is 217 Å². The van der Waals surface area contributed by atoms with Gasteiger partial charge < -0.3 is 14.1 Å². The van der Waals surface area contributed by atoms with Crippen molar-refractivity contribution in [2.75, 3.05) is 44.2 Å². The highest BCUT2D eigenvalue weighted by Crippen LogP contribution is 2.38. The molecule has 0 N–H and O–H groups in total. The van der Waals surface area contributed by atoms with Crippen LogP contribution in [0, 0.1) is 0 Å². The maximum Gasteiger partial charge on any atom is 0.419 e. The van der Waals surface area contributed by atoms with Gasteiger partial charge in [0, 0.05) is 55.8 Å². The van der Waals surface area contributed by atoms with Gasteiger partial charge in [-0.2, -0.15) is 0 Å². The van der Waals surface area contributed by atoms with Crippen molar-refractivity contribution in [2.45, 2.75) is 65.3 Å². The standard InChI is InChI=1S/C29H43N3O3Si/c1-28(2,3)35-27(33)32-23-13-10-9-12-22(23)26-24(14-11-15-25(26)32)31-18-16-30(17-19-31)20-21-34-36(7,8)29(4,5)6/h9-15H,16-21H2,1-8H3. The van der Waals surface area contributed by atoms with E-state index >= 15 is 0 Å². The molecule has 0 aliphatic carbocycles. The highest BCUT2D eigenvalue weighted by Gasteiger charge is 2.37. The van der Waals surface area contributed by atoms with Crippen LogP contribution in [-0.4, -0.2) is 68.8 Å². The van der Waals surface area contributed by atoms with E-state index in [2.05, 4.69) is 61.9 Å². The monoisotopic (exact) mass is 509 g/mol. The first kappa shape index (κ1) is 26.7. The van der Waals surface area contributed by atoms with E-state index in [0.717, 1.165) is 61.1 Å². The molecule has 196 valence electrons. The third kappa shape index (κ3) is 5.48. The molecule has 3 aromatic rings. The Hall–Kier alpha value is -2.35. The summed E-state index contributed by atoms with van der Waals surface area (Å²) in [4.78, 5) is 18.2. The van der Waals surface area contributed by atoms with E-state index in [-0.39, 0.29) is 11.1 Å². The molecule has 0 saturated carbocycles. The maximum absolute atomic E-state index is 13.2. The van der Waals surface area contributed by atoms with Gasteiger partial charge >= 0.3 is 6.09 Å². The first-order chi connectivity index (χ1) is 16.8. The molecule has 1 saturated heterocycles. The lowest BCUT2D eigenvalue weighted by Crippen LogP contribution is -2.48. The van der Waals surface area contributed by atoms with Gasteiger partial charge in [-0.1, -0.05) is 45.0 Å². The number of piperazine rings is 1. The molecule has 0 amide bonds. The second-order valence-electron chi connectivity index (χ2n) is 12.4. The fraction of sp³-hybridized carbons (Fsp3) is 0.552. The van der Waals surface area contributed by atoms with Crippen LogP contribution in [0.2, 0.25) is 18.1 Å². The second kappa shape index (κ2) is 9.84. The van der Waals surface area contributed by atoms with Crippen LogP contribution < -0.4 is 4.90 Å². The highest BCUT2D eigenvalue weighted by atomic mass is 28.4. The molecule has 36 heavy (non-hydrogen) atoms. The summed E-state index contributed by atoms with van der Waals surface area (Å²) in [6.07, 6.45) is -0.336. The number of benzene rings is 2. The minimum Gasteiger partial charge on any atom is -0.443 e. The Kier molecular flexibility index (Phi) is 7.30. The van der Waals surface area contributed by atoms with Crippen molar-refractivity contribution in [3.8, 4) is 0 Å². The molecule has 2 aromatic carbocycles. The van der Waals surface area contributed by atoms with E-state index in [1.54, 1.807) is 4.57 Å². The highest BCUT2D eigenvalue weighted by molar-refractivity contribution is 6.74. The molecule has 1 aliphatic rings. The van der Waals surface area contributed by atoms with Gasteiger partial charge in [0.1, 0.15) is 5.60 Å². The number of carbonyl (C=O) groups excluding carboxylic acids is 1. The number of anilines is 1. The molecule has 4 rings (SSSR count). The molecule has 7 heteroatoms. The van der Waals surface area contributed by atoms with Crippen molar-refractivity contribution in [3.05, 3.63) is 42.5 Å². The zero-order valence-corrected chi connectivity index (χ0v) is 24.4. The van der Waals surface area contributed by atoms with Gasteiger partial charge in [-0.3, -0.25) is 4.90 Å². The van der Waals surface area contributed by atoms with Crippen LogP contribution in [0.15, 0.2) is 42.5 Å². The largest absolute Gasteiger partial charge is 0.443 e. The molecule has 1 aromatic heterocycles. The van der Waals surface area contributed by atoms with Crippen LogP contribution in [0.4, 0.5) is 10.5 Å².